The molecule has 5 heteroatoms. The van der Waals surface area contributed by atoms with E-state index in [0.717, 1.165) is 16.5 Å². The van der Waals surface area contributed by atoms with E-state index < -0.39 is 5.60 Å². The molecule has 1 atom stereocenters. The van der Waals surface area contributed by atoms with E-state index in [4.69, 9.17) is 11.6 Å². The first-order valence-electron chi connectivity index (χ1n) is 7.73. The van der Waals surface area contributed by atoms with E-state index in [2.05, 4.69) is 4.98 Å². The summed E-state index contributed by atoms with van der Waals surface area (Å²) in [6, 6.07) is 14.6. The number of carbonyl (C=O) groups excluding carboxylic acids is 1. The van der Waals surface area contributed by atoms with Crippen LogP contribution in [-0.4, -0.2) is 22.5 Å². The molecule has 0 spiro atoms. The number of rotatable bonds is 2. The third-order valence-corrected chi connectivity index (χ3v) is 4.77. The van der Waals surface area contributed by atoms with Gasteiger partial charge in [0, 0.05) is 35.0 Å². The third-order valence-electron chi connectivity index (χ3n) is 4.54. The van der Waals surface area contributed by atoms with E-state index >= 15 is 0 Å². The molecule has 0 bridgehead atoms. The summed E-state index contributed by atoms with van der Waals surface area (Å²) in [5, 5.41) is 13.4. The number of aliphatic hydroxyl groups is 1. The molecule has 2 aromatic carbocycles. The lowest BCUT2D eigenvalue weighted by molar-refractivity contribution is -0.133. The average Bonchev–Trinajstić information content (AvgIpc) is 2.91. The highest BCUT2D eigenvalue weighted by Crippen LogP contribution is 2.38. The van der Waals surface area contributed by atoms with Gasteiger partial charge in [-0.25, -0.2) is 0 Å². The van der Waals surface area contributed by atoms with Gasteiger partial charge >= 0.3 is 0 Å². The number of hydrogen-bond acceptors (Lipinski definition) is 3. The van der Waals surface area contributed by atoms with Gasteiger partial charge in [-0.15, -0.1) is 0 Å². The molecule has 0 saturated carbocycles. The van der Waals surface area contributed by atoms with E-state index in [1.165, 1.54) is 0 Å². The van der Waals surface area contributed by atoms with Crippen LogP contribution in [0.2, 0.25) is 5.02 Å². The van der Waals surface area contributed by atoms with Crippen LogP contribution in [0.1, 0.15) is 12.0 Å². The second-order valence-electron chi connectivity index (χ2n) is 5.96. The number of benzene rings is 2. The summed E-state index contributed by atoms with van der Waals surface area (Å²) < 4.78 is 0. The molecule has 1 amide bonds. The van der Waals surface area contributed by atoms with Gasteiger partial charge in [0.05, 0.1) is 11.9 Å². The standard InChI is InChI=1S/C19H15ClN2O2/c20-15-6-3-5-14(10-15)19(24)8-9-22(18(19)23)17-12-21-11-13-4-1-2-7-16(13)17/h1-7,10-12,24H,8-9H2. The highest BCUT2D eigenvalue weighted by atomic mass is 35.5. The summed E-state index contributed by atoms with van der Waals surface area (Å²) in [6.45, 7) is 0.428. The van der Waals surface area contributed by atoms with E-state index in [9.17, 15) is 9.90 Å². The predicted octanol–water partition coefficient (Wildman–Crippen LogP) is 3.51. The molecule has 0 radical (unpaired) electrons. The Balaban J connectivity index is 1.78. The van der Waals surface area contributed by atoms with E-state index in [1.54, 1.807) is 41.6 Å². The fourth-order valence-electron chi connectivity index (χ4n) is 3.26. The van der Waals surface area contributed by atoms with Gasteiger partial charge < -0.3 is 10.0 Å². The minimum atomic E-state index is -1.55. The Kier molecular flexibility index (Phi) is 3.52. The maximum absolute atomic E-state index is 13.0. The predicted molar refractivity (Wildman–Crippen MR) is 94.1 cm³/mol. The van der Waals surface area contributed by atoms with Gasteiger partial charge in [-0.3, -0.25) is 9.78 Å². The molecule has 1 unspecified atom stereocenters. The SMILES string of the molecule is O=C1N(c2cncc3ccccc23)CCC1(O)c1cccc(Cl)c1. The zero-order chi connectivity index (χ0) is 16.7. The number of halogens is 1. The van der Waals surface area contributed by atoms with Crippen LogP contribution in [0.4, 0.5) is 5.69 Å². The number of aromatic nitrogens is 1. The monoisotopic (exact) mass is 338 g/mol. The first-order valence-corrected chi connectivity index (χ1v) is 8.10. The molecule has 1 aromatic heterocycles. The van der Waals surface area contributed by atoms with Crippen molar-refractivity contribution < 1.29 is 9.90 Å². The molecule has 1 aliphatic rings. The van der Waals surface area contributed by atoms with Crippen molar-refractivity contribution in [1.29, 1.82) is 0 Å². The second kappa shape index (κ2) is 5.58. The first-order chi connectivity index (χ1) is 11.6. The van der Waals surface area contributed by atoms with E-state index in [-0.39, 0.29) is 5.91 Å². The molecule has 24 heavy (non-hydrogen) atoms. The van der Waals surface area contributed by atoms with Crippen molar-refractivity contribution in [3.05, 3.63) is 71.5 Å². The molecule has 1 aliphatic heterocycles. The normalized spacial score (nSPS) is 20.8. The van der Waals surface area contributed by atoms with Crippen molar-refractivity contribution in [1.82, 2.24) is 4.98 Å². The summed E-state index contributed by atoms with van der Waals surface area (Å²) in [5.41, 5.74) is -0.311. The van der Waals surface area contributed by atoms with Crippen molar-refractivity contribution in [2.75, 3.05) is 11.4 Å². The highest BCUT2D eigenvalue weighted by Gasteiger charge is 2.47. The van der Waals surface area contributed by atoms with Crippen molar-refractivity contribution in [3.63, 3.8) is 0 Å². The number of anilines is 1. The van der Waals surface area contributed by atoms with Gasteiger partial charge in [0.2, 0.25) is 0 Å². The smallest absolute Gasteiger partial charge is 0.263 e. The molecular weight excluding hydrogens is 324 g/mol. The number of nitrogens with zero attached hydrogens (tertiary/aromatic N) is 2. The van der Waals surface area contributed by atoms with Crippen LogP contribution in [0.25, 0.3) is 10.8 Å². The molecular formula is C19H15ClN2O2. The zero-order valence-electron chi connectivity index (χ0n) is 12.8. The van der Waals surface area contributed by atoms with Crippen LogP contribution in [0.5, 0.6) is 0 Å². The fourth-order valence-corrected chi connectivity index (χ4v) is 3.45. The summed E-state index contributed by atoms with van der Waals surface area (Å²) in [6.07, 6.45) is 3.75. The maximum Gasteiger partial charge on any atom is 0.263 e. The average molecular weight is 339 g/mol. The number of fused-ring (bicyclic) bond motifs is 1. The third kappa shape index (κ3) is 2.27. The lowest BCUT2D eigenvalue weighted by atomic mass is 9.92. The maximum atomic E-state index is 13.0. The van der Waals surface area contributed by atoms with Crippen LogP contribution in [0.15, 0.2) is 60.9 Å². The van der Waals surface area contributed by atoms with Crippen molar-refractivity contribution >= 4 is 34.0 Å². The Morgan fingerprint density at radius 2 is 1.96 bits per heavy atom. The molecule has 4 nitrogen and oxygen atoms in total. The molecule has 3 aromatic rings. The summed E-state index contributed by atoms with van der Waals surface area (Å²) in [4.78, 5) is 18.8. The Labute approximate surface area is 144 Å². The minimum absolute atomic E-state index is 0.315. The number of carbonyl (C=O) groups is 1. The number of pyridine rings is 1. The first kappa shape index (κ1) is 15.1. The van der Waals surface area contributed by atoms with E-state index in [1.807, 2.05) is 24.3 Å². The molecule has 4 rings (SSSR count). The van der Waals surface area contributed by atoms with Crippen molar-refractivity contribution in [3.8, 4) is 0 Å². The van der Waals surface area contributed by atoms with E-state index in [0.29, 0.717) is 23.6 Å². The summed E-state index contributed by atoms with van der Waals surface area (Å²) in [7, 11) is 0. The fraction of sp³-hybridized carbons (Fsp3) is 0.158. The quantitative estimate of drug-likeness (QED) is 0.778. The number of hydrogen-bond donors (Lipinski definition) is 1. The Bertz CT molecular complexity index is 938. The Morgan fingerprint density at radius 1 is 1.12 bits per heavy atom. The molecule has 1 N–H and O–H groups in total. The van der Waals surface area contributed by atoms with Crippen molar-refractivity contribution in [2.24, 2.45) is 0 Å². The lowest BCUT2D eigenvalue weighted by Gasteiger charge is -2.23. The zero-order valence-corrected chi connectivity index (χ0v) is 13.6. The molecule has 1 saturated heterocycles. The van der Waals surface area contributed by atoms with Gasteiger partial charge in [-0.1, -0.05) is 48.0 Å². The van der Waals surface area contributed by atoms with Crippen molar-refractivity contribution in [2.45, 2.75) is 12.0 Å². The molecule has 1 fully saturated rings. The van der Waals surface area contributed by atoms with Crippen LogP contribution >= 0.6 is 11.6 Å². The second-order valence-corrected chi connectivity index (χ2v) is 6.39. The minimum Gasteiger partial charge on any atom is -0.375 e. The Hall–Kier alpha value is -2.43. The van der Waals surface area contributed by atoms with Gasteiger partial charge in [0.25, 0.3) is 5.91 Å². The summed E-state index contributed by atoms with van der Waals surface area (Å²) in [5.74, 6) is -0.345. The van der Waals surface area contributed by atoms with Crippen LogP contribution < -0.4 is 4.90 Å². The molecule has 2 heterocycles. The summed E-state index contributed by atoms with van der Waals surface area (Å²) >= 11 is 6.02. The van der Waals surface area contributed by atoms with Gasteiger partial charge in [-0.2, -0.15) is 0 Å². The topological polar surface area (TPSA) is 53.4 Å². The largest absolute Gasteiger partial charge is 0.375 e. The van der Waals surface area contributed by atoms with Gasteiger partial charge in [-0.05, 0) is 17.7 Å². The van der Waals surface area contributed by atoms with Crippen LogP contribution in [-0.2, 0) is 10.4 Å². The molecule has 0 aliphatic carbocycles. The van der Waals surface area contributed by atoms with Crippen LogP contribution in [0.3, 0.4) is 0 Å². The highest BCUT2D eigenvalue weighted by molar-refractivity contribution is 6.30. The number of amides is 1. The Morgan fingerprint density at radius 3 is 2.79 bits per heavy atom. The van der Waals surface area contributed by atoms with Crippen LogP contribution in [0, 0.1) is 0 Å². The van der Waals surface area contributed by atoms with Gasteiger partial charge in [0.15, 0.2) is 5.60 Å². The molecule has 120 valence electrons. The van der Waals surface area contributed by atoms with Gasteiger partial charge in [0.1, 0.15) is 0 Å². The lowest BCUT2D eigenvalue weighted by Crippen LogP contribution is -2.38.